The summed E-state index contributed by atoms with van der Waals surface area (Å²) >= 11 is 3.25. The second-order valence-electron chi connectivity index (χ2n) is 4.13. The van der Waals surface area contributed by atoms with Crippen molar-refractivity contribution in [1.29, 1.82) is 5.41 Å². The molecule has 0 saturated carbocycles. The number of nitrogens with one attached hydrogen (secondary N) is 1. The lowest BCUT2D eigenvalue weighted by Gasteiger charge is -2.22. The maximum absolute atomic E-state index is 12.5. The number of alkyl halides is 1. The summed E-state index contributed by atoms with van der Waals surface area (Å²) in [5.41, 5.74) is 6.01. The van der Waals surface area contributed by atoms with E-state index in [0.29, 0.717) is 22.3 Å². The Bertz CT molecular complexity index is 546. The Hall–Kier alpha value is -0.920. The molecule has 0 aliphatic rings. The first-order chi connectivity index (χ1) is 8.89. The number of aryl methyl sites for hydroxylation is 1. The Balaban J connectivity index is 3.06. The van der Waals surface area contributed by atoms with Crippen LogP contribution in [0.15, 0.2) is 29.2 Å². The molecule has 1 rings (SSSR count). The summed E-state index contributed by atoms with van der Waals surface area (Å²) in [6.45, 7) is 2.34. The average Bonchev–Trinajstić information content (AvgIpc) is 2.34. The zero-order valence-corrected chi connectivity index (χ0v) is 13.2. The first-order valence-corrected chi connectivity index (χ1v) is 8.40. The highest BCUT2D eigenvalue weighted by molar-refractivity contribution is 9.09. The monoisotopic (exact) mass is 347 g/mol. The number of sulfonamides is 1. The van der Waals surface area contributed by atoms with Gasteiger partial charge in [-0.15, -0.1) is 0 Å². The number of hydrogen-bond donors (Lipinski definition) is 2. The van der Waals surface area contributed by atoms with E-state index in [1.165, 1.54) is 4.31 Å². The zero-order chi connectivity index (χ0) is 14.5. The molecule has 7 heteroatoms. The van der Waals surface area contributed by atoms with E-state index in [1.807, 2.05) is 0 Å². The van der Waals surface area contributed by atoms with Gasteiger partial charge in [0.1, 0.15) is 0 Å². The van der Waals surface area contributed by atoms with Crippen LogP contribution in [0.25, 0.3) is 0 Å². The minimum absolute atomic E-state index is 0.0143. The molecular formula is C12H18BrN3O2S. The smallest absolute Gasteiger partial charge is 0.243 e. The summed E-state index contributed by atoms with van der Waals surface area (Å²) in [5.74, 6) is -0.0143. The highest BCUT2D eigenvalue weighted by atomic mass is 79.9. The molecule has 19 heavy (non-hydrogen) atoms. The average molecular weight is 348 g/mol. The Morgan fingerprint density at radius 3 is 2.53 bits per heavy atom. The SMILES string of the molecule is Cc1ccccc1S(=O)(=O)N(CCBr)CCC(=N)N. The second-order valence-corrected chi connectivity index (χ2v) is 6.83. The summed E-state index contributed by atoms with van der Waals surface area (Å²) in [4.78, 5) is 0.305. The molecule has 1 aromatic rings. The van der Waals surface area contributed by atoms with E-state index in [0.717, 1.165) is 0 Å². The fraction of sp³-hybridized carbons (Fsp3) is 0.417. The molecule has 0 aliphatic carbocycles. The van der Waals surface area contributed by atoms with Crippen LogP contribution in [0.4, 0.5) is 0 Å². The number of rotatable bonds is 7. The molecule has 0 bridgehead atoms. The van der Waals surface area contributed by atoms with Gasteiger partial charge in [0, 0.05) is 24.8 Å². The molecule has 3 N–H and O–H groups in total. The molecule has 0 radical (unpaired) electrons. The van der Waals surface area contributed by atoms with Crippen molar-refractivity contribution in [1.82, 2.24) is 4.31 Å². The lowest BCUT2D eigenvalue weighted by atomic mass is 10.2. The fourth-order valence-corrected chi connectivity index (χ4v) is 4.01. The minimum Gasteiger partial charge on any atom is -0.388 e. The lowest BCUT2D eigenvalue weighted by molar-refractivity contribution is 0.439. The fourth-order valence-electron chi connectivity index (χ4n) is 1.68. The summed E-state index contributed by atoms with van der Waals surface area (Å²) < 4.78 is 26.5. The van der Waals surface area contributed by atoms with Crippen molar-refractivity contribution < 1.29 is 8.42 Å². The van der Waals surface area contributed by atoms with Gasteiger partial charge in [0.15, 0.2) is 0 Å². The highest BCUT2D eigenvalue weighted by Crippen LogP contribution is 2.19. The largest absolute Gasteiger partial charge is 0.388 e. The number of halogens is 1. The van der Waals surface area contributed by atoms with E-state index in [-0.39, 0.29) is 18.8 Å². The molecule has 0 fully saturated rings. The third-order valence-electron chi connectivity index (χ3n) is 2.68. The van der Waals surface area contributed by atoms with Gasteiger partial charge < -0.3 is 5.73 Å². The summed E-state index contributed by atoms with van der Waals surface area (Å²) in [7, 11) is -3.54. The summed E-state index contributed by atoms with van der Waals surface area (Å²) in [6, 6.07) is 6.87. The Morgan fingerprint density at radius 1 is 1.37 bits per heavy atom. The van der Waals surface area contributed by atoms with E-state index in [2.05, 4.69) is 15.9 Å². The number of nitrogens with two attached hydrogens (primary N) is 1. The van der Waals surface area contributed by atoms with E-state index < -0.39 is 10.0 Å². The van der Waals surface area contributed by atoms with Gasteiger partial charge >= 0.3 is 0 Å². The maximum Gasteiger partial charge on any atom is 0.243 e. The van der Waals surface area contributed by atoms with Gasteiger partial charge in [0.05, 0.1) is 10.7 Å². The number of hydrogen-bond acceptors (Lipinski definition) is 3. The van der Waals surface area contributed by atoms with Gasteiger partial charge in [-0.05, 0) is 18.6 Å². The lowest BCUT2D eigenvalue weighted by Crippen LogP contribution is -2.35. The van der Waals surface area contributed by atoms with Crippen LogP contribution in [0.3, 0.4) is 0 Å². The van der Waals surface area contributed by atoms with Gasteiger partial charge in [-0.3, -0.25) is 5.41 Å². The zero-order valence-electron chi connectivity index (χ0n) is 10.8. The van der Waals surface area contributed by atoms with Crippen LogP contribution in [0.5, 0.6) is 0 Å². The molecule has 0 heterocycles. The van der Waals surface area contributed by atoms with Gasteiger partial charge in [0.2, 0.25) is 10.0 Å². The van der Waals surface area contributed by atoms with Crippen LogP contribution in [0, 0.1) is 12.3 Å². The molecule has 0 amide bonds. The molecular weight excluding hydrogens is 330 g/mol. The molecule has 106 valence electrons. The maximum atomic E-state index is 12.5. The van der Waals surface area contributed by atoms with Gasteiger partial charge in [-0.25, -0.2) is 8.42 Å². The Labute approximate surface area is 122 Å². The second kappa shape index (κ2) is 7.02. The van der Waals surface area contributed by atoms with Crippen LogP contribution in [-0.2, 0) is 10.0 Å². The quantitative estimate of drug-likeness (QED) is 0.447. The Morgan fingerprint density at radius 2 is 2.00 bits per heavy atom. The van der Waals surface area contributed by atoms with Crippen molar-refractivity contribution in [3.8, 4) is 0 Å². The van der Waals surface area contributed by atoms with Gasteiger partial charge in [-0.2, -0.15) is 4.31 Å². The molecule has 0 atom stereocenters. The molecule has 0 unspecified atom stereocenters. The summed E-state index contributed by atoms with van der Waals surface area (Å²) in [6.07, 6.45) is 0.234. The third kappa shape index (κ3) is 4.29. The molecule has 5 nitrogen and oxygen atoms in total. The van der Waals surface area contributed by atoms with Crippen molar-refractivity contribution >= 4 is 31.8 Å². The van der Waals surface area contributed by atoms with Crippen molar-refractivity contribution in [3.63, 3.8) is 0 Å². The predicted octanol–water partition coefficient (Wildman–Crippen LogP) is 1.71. The van der Waals surface area contributed by atoms with Gasteiger partial charge in [-0.1, -0.05) is 34.1 Å². The number of nitrogens with zero attached hydrogens (tertiary/aromatic N) is 1. The Kier molecular flexibility index (Phi) is 5.96. The third-order valence-corrected chi connectivity index (χ3v) is 5.09. The minimum atomic E-state index is -3.54. The van der Waals surface area contributed by atoms with Crippen LogP contribution in [0.2, 0.25) is 0 Å². The highest BCUT2D eigenvalue weighted by Gasteiger charge is 2.25. The number of benzene rings is 1. The molecule has 1 aromatic carbocycles. The predicted molar refractivity (Wildman–Crippen MR) is 80.3 cm³/mol. The van der Waals surface area contributed by atoms with Crippen molar-refractivity contribution in [2.45, 2.75) is 18.2 Å². The molecule has 0 aliphatic heterocycles. The standard InChI is InChI=1S/C12H18BrN3O2S/c1-10-4-2-3-5-11(10)19(17,18)16(9-7-13)8-6-12(14)15/h2-5H,6-9H2,1H3,(H3,14,15). The van der Waals surface area contributed by atoms with E-state index in [9.17, 15) is 8.42 Å². The van der Waals surface area contributed by atoms with Crippen LogP contribution in [0.1, 0.15) is 12.0 Å². The first kappa shape index (κ1) is 16.1. The van der Waals surface area contributed by atoms with Crippen LogP contribution < -0.4 is 5.73 Å². The van der Waals surface area contributed by atoms with Crippen molar-refractivity contribution in [2.75, 3.05) is 18.4 Å². The van der Waals surface area contributed by atoms with Gasteiger partial charge in [0.25, 0.3) is 0 Å². The molecule has 0 saturated heterocycles. The van der Waals surface area contributed by atoms with Crippen LogP contribution >= 0.6 is 15.9 Å². The molecule has 0 aromatic heterocycles. The number of amidine groups is 1. The van der Waals surface area contributed by atoms with E-state index in [4.69, 9.17) is 11.1 Å². The van der Waals surface area contributed by atoms with Crippen molar-refractivity contribution in [3.05, 3.63) is 29.8 Å². The first-order valence-electron chi connectivity index (χ1n) is 5.84. The normalized spacial score (nSPS) is 11.7. The van der Waals surface area contributed by atoms with Crippen LogP contribution in [-0.4, -0.2) is 37.0 Å². The van der Waals surface area contributed by atoms with Crippen molar-refractivity contribution in [2.24, 2.45) is 5.73 Å². The molecule has 0 spiro atoms. The van der Waals surface area contributed by atoms with E-state index >= 15 is 0 Å². The summed E-state index contributed by atoms with van der Waals surface area (Å²) in [5, 5.41) is 7.75. The topological polar surface area (TPSA) is 87.2 Å². The van der Waals surface area contributed by atoms with E-state index in [1.54, 1.807) is 31.2 Å².